The quantitative estimate of drug-likeness (QED) is 0.383. The van der Waals surface area contributed by atoms with E-state index in [0.717, 1.165) is 24.2 Å². The molecule has 0 atom stereocenters. The number of benzene rings is 2. The molecule has 0 saturated heterocycles. The Balaban J connectivity index is 2.04. The SMILES string of the molecule is CCCCc1ccc(NP(=O)(Nc2ccc(CCCC)cc2)OCC)cc1. The van der Waals surface area contributed by atoms with Crippen LogP contribution in [-0.4, -0.2) is 6.61 Å². The van der Waals surface area contributed by atoms with Crippen molar-refractivity contribution in [3.63, 3.8) is 0 Å². The average Bonchev–Trinajstić information content (AvgIpc) is 2.67. The predicted molar refractivity (Wildman–Crippen MR) is 117 cm³/mol. The van der Waals surface area contributed by atoms with Gasteiger partial charge in [0.15, 0.2) is 0 Å². The molecule has 4 nitrogen and oxygen atoms in total. The molecule has 2 N–H and O–H groups in total. The lowest BCUT2D eigenvalue weighted by molar-refractivity contribution is 0.340. The number of anilines is 2. The number of unbranched alkanes of at least 4 members (excludes halogenated alkanes) is 2. The Morgan fingerprint density at radius 1 is 0.741 bits per heavy atom. The maximum Gasteiger partial charge on any atom is 0.391 e. The van der Waals surface area contributed by atoms with E-state index in [-0.39, 0.29) is 0 Å². The molecular formula is C22H33N2O2P. The summed E-state index contributed by atoms with van der Waals surface area (Å²) in [5.41, 5.74) is 4.17. The second kappa shape index (κ2) is 11.2. The maximum absolute atomic E-state index is 13.2. The van der Waals surface area contributed by atoms with Crippen LogP contribution < -0.4 is 10.2 Å². The molecule has 0 heterocycles. The fraction of sp³-hybridized carbons (Fsp3) is 0.455. The van der Waals surface area contributed by atoms with Gasteiger partial charge in [0.2, 0.25) is 0 Å². The zero-order valence-electron chi connectivity index (χ0n) is 16.8. The van der Waals surface area contributed by atoms with Crippen molar-refractivity contribution in [3.8, 4) is 0 Å². The van der Waals surface area contributed by atoms with Crippen molar-refractivity contribution < 1.29 is 9.09 Å². The third kappa shape index (κ3) is 7.40. The molecule has 0 unspecified atom stereocenters. The van der Waals surface area contributed by atoms with Crippen LogP contribution in [0.15, 0.2) is 48.5 Å². The highest BCUT2D eigenvalue weighted by Crippen LogP contribution is 2.46. The molecule has 0 aromatic heterocycles. The van der Waals surface area contributed by atoms with E-state index in [0.29, 0.717) is 6.61 Å². The molecule has 0 bridgehead atoms. The standard InChI is InChI=1S/C22H33N2O2P/c1-4-7-9-19-11-15-21(16-12-19)23-27(25,26-6-3)24-22-17-13-20(14-18-22)10-8-5-2/h11-18H,4-10H2,1-3H3,(H2,23,24,25). The average molecular weight is 388 g/mol. The van der Waals surface area contributed by atoms with Crippen molar-refractivity contribution in [1.82, 2.24) is 0 Å². The van der Waals surface area contributed by atoms with Crippen molar-refractivity contribution in [2.75, 3.05) is 16.8 Å². The highest BCUT2D eigenvalue weighted by atomic mass is 31.2. The van der Waals surface area contributed by atoms with Gasteiger partial charge in [-0.3, -0.25) is 14.7 Å². The summed E-state index contributed by atoms with van der Waals surface area (Å²) in [6.07, 6.45) is 6.87. The minimum absolute atomic E-state index is 0.362. The fourth-order valence-electron chi connectivity index (χ4n) is 2.87. The second-order valence-electron chi connectivity index (χ2n) is 6.79. The second-order valence-corrected chi connectivity index (χ2v) is 8.60. The van der Waals surface area contributed by atoms with E-state index in [2.05, 4.69) is 48.3 Å². The molecule has 0 fully saturated rings. The summed E-state index contributed by atoms with van der Waals surface area (Å²) in [6.45, 7) is 6.59. The Labute approximate surface area is 164 Å². The smallest absolute Gasteiger partial charge is 0.299 e. The molecule has 0 saturated carbocycles. The van der Waals surface area contributed by atoms with Crippen LogP contribution in [0.1, 0.15) is 57.6 Å². The van der Waals surface area contributed by atoms with E-state index in [4.69, 9.17) is 4.52 Å². The molecule has 0 amide bonds. The molecule has 0 radical (unpaired) electrons. The summed E-state index contributed by atoms with van der Waals surface area (Å²) in [6, 6.07) is 16.2. The van der Waals surface area contributed by atoms with Crippen molar-refractivity contribution in [2.24, 2.45) is 0 Å². The first-order valence-corrected chi connectivity index (χ1v) is 11.7. The van der Waals surface area contributed by atoms with Gasteiger partial charge in [0, 0.05) is 11.4 Å². The van der Waals surface area contributed by atoms with Gasteiger partial charge in [-0.05, 0) is 68.0 Å². The summed E-state index contributed by atoms with van der Waals surface area (Å²) in [5.74, 6) is 0. The van der Waals surface area contributed by atoms with Gasteiger partial charge in [-0.1, -0.05) is 51.0 Å². The van der Waals surface area contributed by atoms with Crippen LogP contribution in [-0.2, 0) is 21.9 Å². The first-order valence-electron chi connectivity index (χ1n) is 10.1. The van der Waals surface area contributed by atoms with Crippen LogP contribution >= 0.6 is 7.67 Å². The van der Waals surface area contributed by atoms with Crippen molar-refractivity contribution in [3.05, 3.63) is 59.7 Å². The van der Waals surface area contributed by atoms with Crippen LogP contribution in [0.4, 0.5) is 11.4 Å². The number of rotatable bonds is 12. The third-order valence-electron chi connectivity index (χ3n) is 4.41. The Morgan fingerprint density at radius 3 is 1.48 bits per heavy atom. The summed E-state index contributed by atoms with van der Waals surface area (Å²) < 4.78 is 18.8. The Kier molecular flexibility index (Phi) is 8.90. The van der Waals surface area contributed by atoms with E-state index < -0.39 is 7.67 Å². The fourth-order valence-corrected chi connectivity index (χ4v) is 4.39. The Bertz CT molecular complexity index is 657. The molecular weight excluding hydrogens is 355 g/mol. The molecule has 2 aromatic carbocycles. The van der Waals surface area contributed by atoms with Crippen LogP contribution in [0, 0.1) is 0 Å². The van der Waals surface area contributed by atoms with E-state index in [1.54, 1.807) is 0 Å². The largest absolute Gasteiger partial charge is 0.391 e. The van der Waals surface area contributed by atoms with E-state index in [9.17, 15) is 4.57 Å². The number of nitrogens with one attached hydrogen (secondary N) is 2. The van der Waals surface area contributed by atoms with E-state index >= 15 is 0 Å². The summed E-state index contributed by atoms with van der Waals surface area (Å²) in [5, 5.41) is 6.12. The van der Waals surface area contributed by atoms with Crippen LogP contribution in [0.25, 0.3) is 0 Å². The van der Waals surface area contributed by atoms with Gasteiger partial charge < -0.3 is 0 Å². The monoisotopic (exact) mass is 388 g/mol. The van der Waals surface area contributed by atoms with Crippen molar-refractivity contribution >= 4 is 19.0 Å². The number of aryl methyl sites for hydroxylation is 2. The molecule has 0 aliphatic carbocycles. The van der Waals surface area contributed by atoms with Gasteiger partial charge >= 0.3 is 7.67 Å². The number of hydrogen-bond donors (Lipinski definition) is 2. The summed E-state index contributed by atoms with van der Waals surface area (Å²) in [7, 11) is -3.24. The first-order chi connectivity index (χ1) is 13.1. The molecule has 27 heavy (non-hydrogen) atoms. The van der Waals surface area contributed by atoms with Gasteiger partial charge in [-0.15, -0.1) is 0 Å². The minimum atomic E-state index is -3.24. The lowest BCUT2D eigenvalue weighted by atomic mass is 10.1. The molecule has 5 heteroatoms. The molecule has 2 rings (SSSR count). The lowest BCUT2D eigenvalue weighted by Gasteiger charge is -2.22. The first kappa shape index (κ1) is 21.5. The molecule has 0 spiro atoms. The Morgan fingerprint density at radius 2 is 1.15 bits per heavy atom. The Hall–Kier alpha value is -1.77. The summed E-state index contributed by atoms with van der Waals surface area (Å²) in [4.78, 5) is 0. The zero-order chi connectivity index (χ0) is 19.5. The minimum Gasteiger partial charge on any atom is -0.299 e. The lowest BCUT2D eigenvalue weighted by Crippen LogP contribution is -2.09. The van der Waals surface area contributed by atoms with Gasteiger partial charge in [-0.2, -0.15) is 0 Å². The zero-order valence-corrected chi connectivity index (χ0v) is 17.7. The van der Waals surface area contributed by atoms with Gasteiger partial charge in [-0.25, -0.2) is 4.57 Å². The molecule has 0 aliphatic heterocycles. The van der Waals surface area contributed by atoms with Crippen LogP contribution in [0.2, 0.25) is 0 Å². The number of hydrogen-bond acceptors (Lipinski definition) is 2. The summed E-state index contributed by atoms with van der Waals surface area (Å²) >= 11 is 0. The van der Waals surface area contributed by atoms with E-state index in [1.807, 2.05) is 31.2 Å². The highest BCUT2D eigenvalue weighted by Gasteiger charge is 2.22. The van der Waals surface area contributed by atoms with E-state index in [1.165, 1.54) is 36.8 Å². The molecule has 0 aliphatic rings. The van der Waals surface area contributed by atoms with Gasteiger partial charge in [0.05, 0.1) is 6.61 Å². The molecule has 2 aromatic rings. The maximum atomic E-state index is 13.2. The molecule has 148 valence electrons. The van der Waals surface area contributed by atoms with Crippen molar-refractivity contribution in [2.45, 2.75) is 59.3 Å². The van der Waals surface area contributed by atoms with Gasteiger partial charge in [0.1, 0.15) is 0 Å². The van der Waals surface area contributed by atoms with Crippen LogP contribution in [0.3, 0.4) is 0 Å². The van der Waals surface area contributed by atoms with Crippen molar-refractivity contribution in [1.29, 1.82) is 0 Å². The third-order valence-corrected chi connectivity index (χ3v) is 6.14. The topological polar surface area (TPSA) is 50.4 Å². The normalized spacial score (nSPS) is 11.4. The van der Waals surface area contributed by atoms with Gasteiger partial charge in [0.25, 0.3) is 0 Å². The highest BCUT2D eigenvalue weighted by molar-refractivity contribution is 7.62. The van der Waals surface area contributed by atoms with Crippen LogP contribution in [0.5, 0.6) is 0 Å². The predicted octanol–water partition coefficient (Wildman–Crippen LogP) is 7.04.